The van der Waals surface area contributed by atoms with Gasteiger partial charge in [-0.25, -0.2) is 0 Å². The molecule has 0 unspecified atom stereocenters. The molecule has 2 rings (SSSR count). The number of hydrogen-bond donors (Lipinski definition) is 2. The standard InChI is InChI=1S/C13H12ClN3O/c14-12-6-10(3-4-11(12)13(15)18)17-8-9-2-1-5-16-7-9/h1-7,17H,8H2,(H2,15,18). The van der Waals surface area contributed by atoms with Crippen LogP contribution in [0.3, 0.4) is 0 Å². The minimum absolute atomic E-state index is 0.323. The molecule has 2 aromatic rings. The molecule has 0 fully saturated rings. The van der Waals surface area contributed by atoms with E-state index in [0.29, 0.717) is 17.1 Å². The summed E-state index contributed by atoms with van der Waals surface area (Å²) in [6, 6.07) is 8.90. The molecular weight excluding hydrogens is 250 g/mol. The summed E-state index contributed by atoms with van der Waals surface area (Å²) < 4.78 is 0. The number of aromatic nitrogens is 1. The predicted octanol–water partition coefficient (Wildman–Crippen LogP) is 2.45. The van der Waals surface area contributed by atoms with Crippen molar-refractivity contribution in [3.63, 3.8) is 0 Å². The van der Waals surface area contributed by atoms with E-state index in [2.05, 4.69) is 10.3 Å². The van der Waals surface area contributed by atoms with Crippen molar-refractivity contribution in [1.82, 2.24) is 4.98 Å². The molecule has 1 aromatic heterocycles. The highest BCUT2D eigenvalue weighted by molar-refractivity contribution is 6.34. The lowest BCUT2D eigenvalue weighted by Gasteiger charge is -2.08. The van der Waals surface area contributed by atoms with Crippen molar-refractivity contribution in [3.8, 4) is 0 Å². The minimum atomic E-state index is -0.529. The summed E-state index contributed by atoms with van der Waals surface area (Å²) in [5.74, 6) is -0.529. The molecule has 0 aliphatic rings. The number of hydrogen-bond acceptors (Lipinski definition) is 3. The molecule has 1 aromatic carbocycles. The number of carbonyl (C=O) groups excluding carboxylic acids is 1. The third-order valence-corrected chi connectivity index (χ3v) is 2.77. The normalized spacial score (nSPS) is 10.1. The maximum absolute atomic E-state index is 11.0. The summed E-state index contributed by atoms with van der Waals surface area (Å²) in [5, 5.41) is 3.54. The number of amides is 1. The van der Waals surface area contributed by atoms with Gasteiger partial charge >= 0.3 is 0 Å². The van der Waals surface area contributed by atoms with Gasteiger partial charge in [-0.3, -0.25) is 9.78 Å². The van der Waals surface area contributed by atoms with Crippen molar-refractivity contribution in [2.24, 2.45) is 5.73 Å². The van der Waals surface area contributed by atoms with E-state index in [0.717, 1.165) is 11.3 Å². The fourth-order valence-electron chi connectivity index (χ4n) is 1.53. The molecule has 0 aliphatic carbocycles. The lowest BCUT2D eigenvalue weighted by atomic mass is 10.2. The van der Waals surface area contributed by atoms with E-state index in [1.807, 2.05) is 12.1 Å². The van der Waals surface area contributed by atoms with Crippen LogP contribution in [0.5, 0.6) is 0 Å². The molecule has 0 spiro atoms. The van der Waals surface area contributed by atoms with Gasteiger partial charge in [-0.15, -0.1) is 0 Å². The quantitative estimate of drug-likeness (QED) is 0.888. The van der Waals surface area contributed by atoms with Crippen molar-refractivity contribution in [1.29, 1.82) is 0 Å². The molecule has 92 valence electrons. The number of nitrogens with zero attached hydrogens (tertiary/aromatic N) is 1. The lowest BCUT2D eigenvalue weighted by Crippen LogP contribution is -2.11. The number of pyridine rings is 1. The summed E-state index contributed by atoms with van der Waals surface area (Å²) in [4.78, 5) is 15.0. The van der Waals surface area contributed by atoms with Gasteiger partial charge in [0.15, 0.2) is 0 Å². The fraction of sp³-hybridized carbons (Fsp3) is 0.0769. The highest BCUT2D eigenvalue weighted by atomic mass is 35.5. The molecule has 1 amide bonds. The maximum atomic E-state index is 11.0. The Balaban J connectivity index is 2.07. The Bertz CT molecular complexity index is 557. The van der Waals surface area contributed by atoms with Crippen molar-refractivity contribution in [3.05, 3.63) is 58.9 Å². The monoisotopic (exact) mass is 261 g/mol. The van der Waals surface area contributed by atoms with Gasteiger partial charge in [-0.05, 0) is 29.8 Å². The number of anilines is 1. The molecular formula is C13H12ClN3O. The third kappa shape index (κ3) is 2.99. The van der Waals surface area contributed by atoms with Gasteiger partial charge < -0.3 is 11.1 Å². The molecule has 0 saturated carbocycles. The van der Waals surface area contributed by atoms with Crippen LogP contribution >= 0.6 is 11.6 Å². The first-order chi connectivity index (χ1) is 8.66. The van der Waals surface area contributed by atoms with Crippen molar-refractivity contribution in [2.75, 3.05) is 5.32 Å². The zero-order chi connectivity index (χ0) is 13.0. The van der Waals surface area contributed by atoms with Gasteiger partial charge in [0.2, 0.25) is 5.91 Å². The van der Waals surface area contributed by atoms with Gasteiger partial charge in [-0.1, -0.05) is 17.7 Å². The molecule has 0 saturated heterocycles. The second kappa shape index (κ2) is 5.51. The second-order valence-corrected chi connectivity index (χ2v) is 4.18. The Labute approximate surface area is 110 Å². The van der Waals surface area contributed by atoms with Crippen LogP contribution < -0.4 is 11.1 Å². The summed E-state index contributed by atoms with van der Waals surface area (Å²) in [6.45, 7) is 0.639. The van der Waals surface area contributed by atoms with Crippen LogP contribution in [0.4, 0.5) is 5.69 Å². The predicted molar refractivity (Wildman–Crippen MR) is 71.5 cm³/mol. The van der Waals surface area contributed by atoms with E-state index >= 15 is 0 Å². The van der Waals surface area contributed by atoms with E-state index in [-0.39, 0.29) is 0 Å². The molecule has 0 bridgehead atoms. The van der Waals surface area contributed by atoms with Crippen LogP contribution in [-0.2, 0) is 6.54 Å². The molecule has 0 radical (unpaired) electrons. The maximum Gasteiger partial charge on any atom is 0.250 e. The van der Waals surface area contributed by atoms with Gasteiger partial charge in [0.25, 0.3) is 0 Å². The number of benzene rings is 1. The summed E-state index contributed by atoms with van der Waals surface area (Å²) >= 11 is 5.95. The first-order valence-electron chi connectivity index (χ1n) is 5.39. The smallest absolute Gasteiger partial charge is 0.250 e. The highest BCUT2D eigenvalue weighted by Crippen LogP contribution is 2.20. The lowest BCUT2D eigenvalue weighted by molar-refractivity contribution is 0.100. The zero-order valence-electron chi connectivity index (χ0n) is 9.56. The van der Waals surface area contributed by atoms with E-state index in [9.17, 15) is 4.79 Å². The van der Waals surface area contributed by atoms with Crippen molar-refractivity contribution >= 4 is 23.2 Å². The third-order valence-electron chi connectivity index (χ3n) is 2.45. The number of nitrogens with two attached hydrogens (primary N) is 1. The molecule has 0 aliphatic heterocycles. The summed E-state index contributed by atoms with van der Waals surface area (Å²) in [7, 11) is 0. The fourth-order valence-corrected chi connectivity index (χ4v) is 1.81. The van der Waals surface area contributed by atoms with Crippen LogP contribution in [-0.4, -0.2) is 10.9 Å². The average Bonchev–Trinajstić information content (AvgIpc) is 2.37. The molecule has 3 N–H and O–H groups in total. The molecule has 18 heavy (non-hydrogen) atoms. The Morgan fingerprint density at radius 1 is 1.39 bits per heavy atom. The van der Waals surface area contributed by atoms with Gasteiger partial charge in [0.05, 0.1) is 10.6 Å². The Hall–Kier alpha value is -2.07. The van der Waals surface area contributed by atoms with Gasteiger partial charge in [-0.2, -0.15) is 0 Å². The molecule has 5 heteroatoms. The van der Waals surface area contributed by atoms with Crippen molar-refractivity contribution < 1.29 is 4.79 Å². The first-order valence-corrected chi connectivity index (χ1v) is 5.77. The summed E-state index contributed by atoms with van der Waals surface area (Å²) in [6.07, 6.45) is 3.51. The topological polar surface area (TPSA) is 68.0 Å². The first kappa shape index (κ1) is 12.4. The Kier molecular flexibility index (Phi) is 3.79. The SMILES string of the molecule is NC(=O)c1ccc(NCc2cccnc2)cc1Cl. The summed E-state index contributed by atoms with van der Waals surface area (Å²) in [5.41, 5.74) is 7.39. The number of nitrogens with one attached hydrogen (secondary N) is 1. The zero-order valence-corrected chi connectivity index (χ0v) is 10.3. The van der Waals surface area contributed by atoms with Gasteiger partial charge in [0.1, 0.15) is 0 Å². The van der Waals surface area contributed by atoms with Crippen LogP contribution in [0.25, 0.3) is 0 Å². The van der Waals surface area contributed by atoms with E-state index in [4.69, 9.17) is 17.3 Å². The van der Waals surface area contributed by atoms with Crippen LogP contribution in [0.15, 0.2) is 42.7 Å². The highest BCUT2D eigenvalue weighted by Gasteiger charge is 2.06. The van der Waals surface area contributed by atoms with E-state index in [1.165, 1.54) is 0 Å². The number of primary amides is 1. The second-order valence-electron chi connectivity index (χ2n) is 3.77. The largest absolute Gasteiger partial charge is 0.381 e. The number of halogens is 1. The molecule has 0 atom stereocenters. The molecule has 1 heterocycles. The number of rotatable bonds is 4. The van der Waals surface area contributed by atoms with E-state index < -0.39 is 5.91 Å². The van der Waals surface area contributed by atoms with Crippen molar-refractivity contribution in [2.45, 2.75) is 6.54 Å². The Morgan fingerprint density at radius 2 is 2.22 bits per heavy atom. The van der Waals surface area contributed by atoms with Crippen LogP contribution in [0.1, 0.15) is 15.9 Å². The minimum Gasteiger partial charge on any atom is -0.381 e. The molecule has 4 nitrogen and oxygen atoms in total. The number of carbonyl (C=O) groups is 1. The average molecular weight is 262 g/mol. The van der Waals surface area contributed by atoms with Gasteiger partial charge in [0, 0.05) is 24.6 Å². The van der Waals surface area contributed by atoms with Crippen LogP contribution in [0, 0.1) is 0 Å². The Morgan fingerprint density at radius 3 is 2.83 bits per heavy atom. The van der Waals surface area contributed by atoms with Crippen LogP contribution in [0.2, 0.25) is 5.02 Å². The van der Waals surface area contributed by atoms with E-state index in [1.54, 1.807) is 30.6 Å².